The molecule has 0 fully saturated rings. The minimum atomic E-state index is -0.270. The van der Waals surface area contributed by atoms with Gasteiger partial charge in [0.2, 0.25) is 6.79 Å². The van der Waals surface area contributed by atoms with Gasteiger partial charge in [-0.1, -0.05) is 6.07 Å². The lowest BCUT2D eigenvalue weighted by Gasteiger charge is -2.21. The van der Waals surface area contributed by atoms with E-state index in [1.54, 1.807) is 13.1 Å². The van der Waals surface area contributed by atoms with E-state index in [0.29, 0.717) is 27.5 Å². The number of amides is 2. The molecule has 140 valence electrons. The lowest BCUT2D eigenvalue weighted by atomic mass is 10.1. The van der Waals surface area contributed by atoms with Crippen molar-refractivity contribution in [2.24, 2.45) is 0 Å². The van der Waals surface area contributed by atoms with Crippen LogP contribution in [0.15, 0.2) is 34.4 Å². The molecule has 2 N–H and O–H groups in total. The molecule has 0 spiro atoms. The Morgan fingerprint density at radius 3 is 3.04 bits per heavy atom. The molecule has 2 aromatic heterocycles. The van der Waals surface area contributed by atoms with Crippen molar-refractivity contribution >= 4 is 27.6 Å². The smallest absolute Gasteiger partial charge is 0.318 e. The molecule has 0 bridgehead atoms. The van der Waals surface area contributed by atoms with Crippen LogP contribution in [0, 0.1) is 0 Å². The molecular formula is C18H18N4O4S. The molecule has 2 amide bonds. The summed E-state index contributed by atoms with van der Waals surface area (Å²) >= 11 is 1.34. The first kappa shape index (κ1) is 17.3. The fourth-order valence-electron chi connectivity index (χ4n) is 2.85. The van der Waals surface area contributed by atoms with Crippen molar-refractivity contribution in [1.82, 2.24) is 20.2 Å². The SMILES string of the molecule is C[C@H](NC(=O)N(C)Cc1nc2ccsc2c(=O)[nH]1)c1ccc2c(c1)OCO2. The fourth-order valence-corrected chi connectivity index (χ4v) is 3.58. The molecule has 0 saturated carbocycles. The Morgan fingerprint density at radius 2 is 2.19 bits per heavy atom. The van der Waals surface area contributed by atoms with Gasteiger partial charge in [-0.05, 0) is 36.1 Å². The number of ether oxygens (including phenoxy) is 2. The first-order chi connectivity index (χ1) is 13.0. The van der Waals surface area contributed by atoms with E-state index < -0.39 is 0 Å². The van der Waals surface area contributed by atoms with E-state index in [1.807, 2.05) is 30.5 Å². The van der Waals surface area contributed by atoms with E-state index in [9.17, 15) is 9.59 Å². The van der Waals surface area contributed by atoms with Crippen LogP contribution < -0.4 is 20.3 Å². The first-order valence-electron chi connectivity index (χ1n) is 8.39. The van der Waals surface area contributed by atoms with Gasteiger partial charge in [-0.25, -0.2) is 9.78 Å². The second kappa shape index (κ2) is 6.92. The standard InChI is InChI=1S/C18H18N4O4S/c1-10(11-3-4-13-14(7-11)26-9-25-13)19-18(24)22(2)8-15-20-12-5-6-27-16(12)17(23)21-15/h3-7,10H,8-9H2,1-2H3,(H,19,24)(H,20,21,23)/t10-/m0/s1. The molecule has 1 aromatic carbocycles. The molecule has 8 nitrogen and oxygen atoms in total. The van der Waals surface area contributed by atoms with Gasteiger partial charge in [0.25, 0.3) is 5.56 Å². The molecule has 1 atom stereocenters. The second-order valence-electron chi connectivity index (χ2n) is 6.29. The summed E-state index contributed by atoms with van der Waals surface area (Å²) in [4.78, 5) is 33.1. The number of carbonyl (C=O) groups excluding carboxylic acids is 1. The van der Waals surface area contributed by atoms with Crippen molar-refractivity contribution in [2.45, 2.75) is 19.5 Å². The summed E-state index contributed by atoms with van der Waals surface area (Å²) in [5.74, 6) is 1.82. The van der Waals surface area contributed by atoms with E-state index in [1.165, 1.54) is 16.2 Å². The summed E-state index contributed by atoms with van der Waals surface area (Å²) in [5.41, 5.74) is 1.36. The summed E-state index contributed by atoms with van der Waals surface area (Å²) in [6.45, 7) is 2.30. The van der Waals surface area contributed by atoms with Crippen LogP contribution in [0.1, 0.15) is 24.4 Å². The van der Waals surface area contributed by atoms with E-state index in [4.69, 9.17) is 9.47 Å². The Labute approximate surface area is 158 Å². The molecule has 0 unspecified atom stereocenters. The zero-order valence-corrected chi connectivity index (χ0v) is 15.6. The van der Waals surface area contributed by atoms with Gasteiger partial charge in [-0.2, -0.15) is 0 Å². The third-order valence-electron chi connectivity index (χ3n) is 4.33. The number of rotatable bonds is 4. The summed E-state index contributed by atoms with van der Waals surface area (Å²) in [5, 5.41) is 4.75. The molecule has 1 aliphatic heterocycles. The van der Waals surface area contributed by atoms with Gasteiger partial charge in [-0.3, -0.25) is 4.79 Å². The number of benzene rings is 1. The molecule has 0 aliphatic carbocycles. The number of nitrogens with one attached hydrogen (secondary N) is 2. The maximum Gasteiger partial charge on any atom is 0.318 e. The zero-order chi connectivity index (χ0) is 19.0. The number of hydrogen-bond acceptors (Lipinski definition) is 6. The van der Waals surface area contributed by atoms with Gasteiger partial charge < -0.3 is 24.7 Å². The van der Waals surface area contributed by atoms with Crippen molar-refractivity contribution in [1.29, 1.82) is 0 Å². The predicted octanol–water partition coefficient (Wildman–Crippen LogP) is 2.62. The van der Waals surface area contributed by atoms with Crippen molar-refractivity contribution in [3.8, 4) is 11.5 Å². The number of urea groups is 1. The highest BCUT2D eigenvalue weighted by Gasteiger charge is 2.19. The number of hydrogen-bond donors (Lipinski definition) is 2. The van der Waals surface area contributed by atoms with Crippen LogP contribution in [0.3, 0.4) is 0 Å². The number of aromatic amines is 1. The van der Waals surface area contributed by atoms with Crippen LogP contribution in [0.4, 0.5) is 4.79 Å². The zero-order valence-electron chi connectivity index (χ0n) is 14.8. The van der Waals surface area contributed by atoms with Gasteiger partial charge >= 0.3 is 6.03 Å². The fraction of sp³-hybridized carbons (Fsp3) is 0.278. The molecule has 0 radical (unpaired) electrons. The Hall–Kier alpha value is -3.07. The Bertz CT molecular complexity index is 1060. The minimum absolute atomic E-state index is 0.187. The molecule has 0 saturated heterocycles. The Kier molecular flexibility index (Phi) is 4.44. The number of fused-ring (bicyclic) bond motifs is 2. The highest BCUT2D eigenvalue weighted by molar-refractivity contribution is 7.17. The lowest BCUT2D eigenvalue weighted by molar-refractivity contribution is 0.174. The third-order valence-corrected chi connectivity index (χ3v) is 5.24. The van der Waals surface area contributed by atoms with Crippen molar-refractivity contribution in [2.75, 3.05) is 13.8 Å². The number of aromatic nitrogens is 2. The summed E-state index contributed by atoms with van der Waals surface area (Å²) in [6.07, 6.45) is 0. The van der Waals surface area contributed by atoms with Crippen LogP contribution in [0.25, 0.3) is 10.2 Å². The van der Waals surface area contributed by atoms with Crippen molar-refractivity contribution < 1.29 is 14.3 Å². The molecule has 9 heteroatoms. The molecule has 1 aliphatic rings. The molecule has 3 heterocycles. The van der Waals surface area contributed by atoms with Crippen LogP contribution in [0.5, 0.6) is 11.5 Å². The third kappa shape index (κ3) is 3.45. The van der Waals surface area contributed by atoms with Gasteiger partial charge in [0.1, 0.15) is 10.5 Å². The topological polar surface area (TPSA) is 96.6 Å². The van der Waals surface area contributed by atoms with Gasteiger partial charge in [-0.15, -0.1) is 11.3 Å². The largest absolute Gasteiger partial charge is 0.454 e. The van der Waals surface area contributed by atoms with Gasteiger partial charge in [0, 0.05) is 7.05 Å². The monoisotopic (exact) mass is 386 g/mol. The molecule has 3 aromatic rings. The van der Waals surface area contributed by atoms with E-state index in [0.717, 1.165) is 5.56 Å². The van der Waals surface area contributed by atoms with Crippen LogP contribution >= 0.6 is 11.3 Å². The van der Waals surface area contributed by atoms with Gasteiger partial charge in [0.15, 0.2) is 11.5 Å². The second-order valence-corrected chi connectivity index (χ2v) is 7.20. The minimum Gasteiger partial charge on any atom is -0.454 e. The number of thiophene rings is 1. The van der Waals surface area contributed by atoms with Crippen LogP contribution in [-0.2, 0) is 6.54 Å². The molecule has 4 rings (SSSR count). The number of H-pyrrole nitrogens is 1. The summed E-state index contributed by atoms with van der Waals surface area (Å²) in [6, 6.07) is 6.88. The Balaban J connectivity index is 1.43. The quantitative estimate of drug-likeness (QED) is 0.718. The summed E-state index contributed by atoms with van der Waals surface area (Å²) < 4.78 is 11.3. The van der Waals surface area contributed by atoms with Crippen molar-refractivity contribution in [3.63, 3.8) is 0 Å². The highest BCUT2D eigenvalue weighted by atomic mass is 32.1. The molecule has 27 heavy (non-hydrogen) atoms. The highest BCUT2D eigenvalue weighted by Crippen LogP contribution is 2.34. The van der Waals surface area contributed by atoms with Crippen molar-refractivity contribution in [3.05, 3.63) is 51.4 Å². The van der Waals surface area contributed by atoms with Gasteiger partial charge in [0.05, 0.1) is 18.1 Å². The van der Waals surface area contributed by atoms with E-state index in [-0.39, 0.29) is 31.0 Å². The van der Waals surface area contributed by atoms with Crippen LogP contribution in [-0.4, -0.2) is 34.7 Å². The maximum atomic E-state index is 12.5. The predicted molar refractivity (Wildman–Crippen MR) is 101 cm³/mol. The maximum absolute atomic E-state index is 12.5. The summed E-state index contributed by atoms with van der Waals surface area (Å²) in [7, 11) is 1.65. The normalized spacial score (nSPS) is 13.6. The average Bonchev–Trinajstić information content (AvgIpc) is 3.29. The number of nitrogens with zero attached hydrogens (tertiary/aromatic N) is 2. The lowest BCUT2D eigenvalue weighted by Crippen LogP contribution is -2.38. The van der Waals surface area contributed by atoms with Crippen LogP contribution in [0.2, 0.25) is 0 Å². The average molecular weight is 386 g/mol. The molecular weight excluding hydrogens is 368 g/mol. The number of carbonyl (C=O) groups is 1. The van der Waals surface area contributed by atoms with E-state index in [2.05, 4.69) is 15.3 Å². The Morgan fingerprint density at radius 1 is 1.37 bits per heavy atom. The first-order valence-corrected chi connectivity index (χ1v) is 9.27. The van der Waals surface area contributed by atoms with E-state index >= 15 is 0 Å².